The van der Waals surface area contributed by atoms with Gasteiger partial charge in [-0.3, -0.25) is 14.6 Å². The second-order valence-electron chi connectivity index (χ2n) is 9.28. The number of rotatable bonds is 6. The normalized spacial score (nSPS) is 18.2. The number of hydrogen-bond donors (Lipinski definition) is 1. The fourth-order valence-electron chi connectivity index (χ4n) is 4.76. The molecule has 2 amide bonds. The zero-order valence-corrected chi connectivity index (χ0v) is 21.0. The number of amides is 2. The molecule has 0 saturated carbocycles. The molecular formula is C26H29F2N7O3. The molecule has 0 bridgehead atoms. The summed E-state index contributed by atoms with van der Waals surface area (Å²) in [5.41, 5.74) is 3.91. The highest BCUT2D eigenvalue weighted by Crippen LogP contribution is 2.28. The summed E-state index contributed by atoms with van der Waals surface area (Å²) in [6.45, 7) is 5.23. The Balaban J connectivity index is 1.31. The van der Waals surface area contributed by atoms with Crippen LogP contribution >= 0.6 is 0 Å². The van der Waals surface area contributed by atoms with E-state index in [0.29, 0.717) is 35.6 Å². The predicted octanol–water partition coefficient (Wildman–Crippen LogP) is 2.26. The van der Waals surface area contributed by atoms with Gasteiger partial charge in [0.1, 0.15) is 5.52 Å². The number of piperazine rings is 1. The topological polar surface area (TPSA) is 104 Å². The number of ether oxygens (including phenoxy) is 1. The molecular weight excluding hydrogens is 496 g/mol. The fourth-order valence-corrected chi connectivity index (χ4v) is 4.76. The largest absolute Gasteiger partial charge is 0.373 e. The Bertz CT molecular complexity index is 1300. The maximum Gasteiger partial charge on any atom is 0.315 e. The van der Waals surface area contributed by atoms with Crippen LogP contribution in [0.3, 0.4) is 0 Å². The van der Waals surface area contributed by atoms with Crippen molar-refractivity contribution in [3.05, 3.63) is 42.7 Å². The molecule has 0 spiro atoms. The molecule has 2 saturated heterocycles. The highest BCUT2D eigenvalue weighted by atomic mass is 19.3. The SMILES string of the molecule is CC(=O)N1CCN(c2ccc(-c3cc4nccnc4c(NC[C@@H]4CN(C(=O)C(F)F)CCO4)n3)cc2)CC1. The standard InChI is InChI=1S/C26H29F2N7O3/c1-17(36)33-8-10-34(11-9-33)19-4-2-18(3-5-19)21-14-22-23(30-7-6-29-22)25(32-21)31-15-20-16-35(12-13-38-20)26(37)24(27)28/h2-7,14,20,24H,8-13,15-16H2,1H3,(H,31,32)/t20-/m1/s1. The van der Waals surface area contributed by atoms with Crippen LogP contribution in [0.2, 0.25) is 0 Å². The van der Waals surface area contributed by atoms with Crippen LogP contribution in [0.15, 0.2) is 42.7 Å². The van der Waals surface area contributed by atoms with Gasteiger partial charge in [0.05, 0.1) is 23.9 Å². The number of carbonyl (C=O) groups excluding carboxylic acids is 2. The van der Waals surface area contributed by atoms with Crippen molar-refractivity contribution in [1.82, 2.24) is 24.8 Å². The molecule has 0 aliphatic carbocycles. The van der Waals surface area contributed by atoms with Crippen molar-refractivity contribution in [2.75, 3.05) is 62.6 Å². The summed E-state index contributed by atoms with van der Waals surface area (Å²) in [7, 11) is 0. The molecule has 0 radical (unpaired) electrons. The van der Waals surface area contributed by atoms with Crippen molar-refractivity contribution >= 4 is 34.4 Å². The maximum absolute atomic E-state index is 12.9. The average molecular weight is 526 g/mol. The van der Waals surface area contributed by atoms with Crippen molar-refractivity contribution in [2.45, 2.75) is 19.5 Å². The molecule has 4 heterocycles. The molecule has 38 heavy (non-hydrogen) atoms. The molecule has 5 rings (SSSR count). The number of pyridine rings is 1. The Morgan fingerprint density at radius 3 is 2.50 bits per heavy atom. The molecule has 1 aromatic carbocycles. The van der Waals surface area contributed by atoms with Crippen molar-refractivity contribution in [3.8, 4) is 11.3 Å². The first-order chi connectivity index (χ1) is 18.4. The van der Waals surface area contributed by atoms with Gasteiger partial charge >= 0.3 is 6.43 Å². The lowest BCUT2D eigenvalue weighted by atomic mass is 10.1. The molecule has 0 unspecified atom stereocenters. The zero-order chi connectivity index (χ0) is 26.6. The summed E-state index contributed by atoms with van der Waals surface area (Å²) >= 11 is 0. The summed E-state index contributed by atoms with van der Waals surface area (Å²) in [6.07, 6.45) is -0.310. The summed E-state index contributed by atoms with van der Waals surface area (Å²) in [5.74, 6) is -0.584. The smallest absolute Gasteiger partial charge is 0.315 e. The number of anilines is 2. The minimum atomic E-state index is -3.03. The van der Waals surface area contributed by atoms with Crippen molar-refractivity contribution < 1.29 is 23.1 Å². The number of halogens is 2. The van der Waals surface area contributed by atoms with Gasteiger partial charge in [-0.2, -0.15) is 8.78 Å². The number of nitrogens with zero attached hydrogens (tertiary/aromatic N) is 6. The van der Waals surface area contributed by atoms with E-state index in [1.54, 1.807) is 19.3 Å². The molecule has 1 atom stereocenters. The minimum absolute atomic E-state index is 0.0710. The number of benzene rings is 1. The highest BCUT2D eigenvalue weighted by Gasteiger charge is 2.29. The van der Waals surface area contributed by atoms with Gasteiger partial charge in [0, 0.05) is 76.4 Å². The molecule has 2 aromatic heterocycles. The van der Waals surface area contributed by atoms with E-state index in [1.807, 2.05) is 35.2 Å². The van der Waals surface area contributed by atoms with Crippen LogP contribution in [0.25, 0.3) is 22.3 Å². The van der Waals surface area contributed by atoms with Crippen LogP contribution < -0.4 is 10.2 Å². The second kappa shape index (κ2) is 11.2. The Hall–Kier alpha value is -3.93. The lowest BCUT2D eigenvalue weighted by molar-refractivity contribution is -0.149. The second-order valence-corrected chi connectivity index (χ2v) is 9.28. The quantitative estimate of drug-likeness (QED) is 0.523. The van der Waals surface area contributed by atoms with E-state index in [2.05, 4.69) is 20.2 Å². The first kappa shape index (κ1) is 25.7. The molecule has 200 valence electrons. The van der Waals surface area contributed by atoms with E-state index in [1.165, 1.54) is 0 Å². The van der Waals surface area contributed by atoms with Gasteiger partial charge in [0.25, 0.3) is 5.91 Å². The first-order valence-electron chi connectivity index (χ1n) is 12.5. The minimum Gasteiger partial charge on any atom is -0.373 e. The first-order valence-corrected chi connectivity index (χ1v) is 12.5. The van der Waals surface area contributed by atoms with Gasteiger partial charge in [0.15, 0.2) is 5.82 Å². The van der Waals surface area contributed by atoms with E-state index in [0.717, 1.165) is 29.2 Å². The Morgan fingerprint density at radius 1 is 1.05 bits per heavy atom. The number of fused-ring (bicyclic) bond motifs is 1. The van der Waals surface area contributed by atoms with Crippen molar-refractivity contribution in [3.63, 3.8) is 0 Å². The van der Waals surface area contributed by atoms with Crippen molar-refractivity contribution in [2.24, 2.45) is 0 Å². The van der Waals surface area contributed by atoms with Crippen LogP contribution in [-0.2, 0) is 14.3 Å². The number of nitrogens with one attached hydrogen (secondary N) is 1. The van der Waals surface area contributed by atoms with E-state index in [-0.39, 0.29) is 32.1 Å². The third kappa shape index (κ3) is 5.64. The van der Waals surface area contributed by atoms with Crippen LogP contribution in [-0.4, -0.2) is 102 Å². The van der Waals surface area contributed by atoms with Gasteiger partial charge in [0.2, 0.25) is 5.91 Å². The number of aromatic nitrogens is 3. The molecule has 2 aliphatic heterocycles. The van der Waals surface area contributed by atoms with Crippen LogP contribution in [0.4, 0.5) is 20.3 Å². The molecule has 2 aliphatic rings. The number of hydrogen-bond acceptors (Lipinski definition) is 8. The van der Waals surface area contributed by atoms with E-state index < -0.39 is 18.4 Å². The molecule has 3 aromatic rings. The summed E-state index contributed by atoms with van der Waals surface area (Å²) in [5, 5.41) is 3.23. The molecule has 2 fully saturated rings. The molecule has 12 heteroatoms. The third-order valence-electron chi connectivity index (χ3n) is 6.84. The van der Waals surface area contributed by atoms with Gasteiger partial charge in [-0.25, -0.2) is 9.97 Å². The van der Waals surface area contributed by atoms with Crippen LogP contribution in [0.5, 0.6) is 0 Å². The van der Waals surface area contributed by atoms with E-state index >= 15 is 0 Å². The van der Waals surface area contributed by atoms with Crippen molar-refractivity contribution in [1.29, 1.82) is 0 Å². The Morgan fingerprint density at radius 2 is 1.79 bits per heavy atom. The summed E-state index contributed by atoms with van der Waals surface area (Å²) < 4.78 is 31.4. The zero-order valence-electron chi connectivity index (χ0n) is 21.0. The Kier molecular flexibility index (Phi) is 7.59. The monoisotopic (exact) mass is 525 g/mol. The number of carbonyl (C=O) groups is 2. The highest BCUT2D eigenvalue weighted by molar-refractivity contribution is 5.88. The van der Waals surface area contributed by atoms with E-state index in [9.17, 15) is 18.4 Å². The molecule has 1 N–H and O–H groups in total. The third-order valence-corrected chi connectivity index (χ3v) is 6.84. The van der Waals surface area contributed by atoms with Gasteiger partial charge in [-0.15, -0.1) is 0 Å². The van der Waals surface area contributed by atoms with Crippen LogP contribution in [0.1, 0.15) is 6.92 Å². The average Bonchev–Trinajstić information content (AvgIpc) is 2.95. The lowest BCUT2D eigenvalue weighted by Gasteiger charge is -2.35. The van der Waals surface area contributed by atoms with Gasteiger partial charge in [-0.05, 0) is 18.2 Å². The maximum atomic E-state index is 12.9. The lowest BCUT2D eigenvalue weighted by Crippen LogP contribution is -2.49. The van der Waals surface area contributed by atoms with E-state index in [4.69, 9.17) is 9.72 Å². The van der Waals surface area contributed by atoms with Crippen LogP contribution in [0, 0.1) is 0 Å². The van der Waals surface area contributed by atoms with Gasteiger partial charge < -0.3 is 24.8 Å². The summed E-state index contributed by atoms with van der Waals surface area (Å²) in [6, 6.07) is 9.95. The number of morpholine rings is 1. The van der Waals surface area contributed by atoms with Gasteiger partial charge in [-0.1, -0.05) is 12.1 Å². The summed E-state index contributed by atoms with van der Waals surface area (Å²) in [4.78, 5) is 42.2. The predicted molar refractivity (Wildman–Crippen MR) is 138 cm³/mol. The fraction of sp³-hybridized carbons (Fsp3) is 0.423. The molecule has 10 nitrogen and oxygen atoms in total. The number of alkyl halides is 2. The Labute approximate surface area is 218 Å².